The molecule has 1 aliphatic heterocycles. The fourth-order valence-corrected chi connectivity index (χ4v) is 4.22. The van der Waals surface area contributed by atoms with Crippen molar-refractivity contribution >= 4 is 22.5 Å². The van der Waals surface area contributed by atoms with E-state index in [1.54, 1.807) is 24.0 Å². The third-order valence-corrected chi connectivity index (χ3v) is 5.97. The molecular formula is C25H21N5O4. The number of aromatic amines is 1. The van der Waals surface area contributed by atoms with Crippen LogP contribution < -0.4 is 19.5 Å². The first-order valence-electron chi connectivity index (χ1n) is 10.9. The van der Waals surface area contributed by atoms with Crippen LogP contribution in [-0.4, -0.2) is 45.9 Å². The minimum absolute atomic E-state index is 0.211. The maximum absolute atomic E-state index is 12.9. The van der Waals surface area contributed by atoms with E-state index in [1.807, 2.05) is 48.7 Å². The van der Waals surface area contributed by atoms with E-state index in [2.05, 4.69) is 20.4 Å². The Hall–Kier alpha value is -4.53. The van der Waals surface area contributed by atoms with Gasteiger partial charge in [0.1, 0.15) is 11.3 Å². The summed E-state index contributed by atoms with van der Waals surface area (Å²) < 4.78 is 17.9. The largest absolute Gasteiger partial charge is 0.497 e. The van der Waals surface area contributed by atoms with E-state index >= 15 is 0 Å². The van der Waals surface area contributed by atoms with Crippen molar-refractivity contribution < 1.29 is 19.0 Å². The zero-order chi connectivity index (χ0) is 23.1. The smallest absolute Gasteiger partial charge is 0.256 e. The van der Waals surface area contributed by atoms with Gasteiger partial charge in [-0.2, -0.15) is 5.10 Å². The average molecular weight is 455 g/mol. The predicted molar refractivity (Wildman–Crippen MR) is 125 cm³/mol. The molecule has 0 bridgehead atoms. The highest BCUT2D eigenvalue weighted by atomic mass is 16.7. The molecule has 1 aliphatic rings. The lowest BCUT2D eigenvalue weighted by Gasteiger charge is -2.07. The highest BCUT2D eigenvalue weighted by Crippen LogP contribution is 2.36. The Kier molecular flexibility index (Phi) is 4.80. The summed E-state index contributed by atoms with van der Waals surface area (Å²) in [6, 6.07) is 13.4. The summed E-state index contributed by atoms with van der Waals surface area (Å²) in [6.45, 7) is 0.685. The van der Waals surface area contributed by atoms with E-state index in [4.69, 9.17) is 14.2 Å². The van der Waals surface area contributed by atoms with Gasteiger partial charge >= 0.3 is 0 Å². The van der Waals surface area contributed by atoms with Gasteiger partial charge in [0.2, 0.25) is 6.79 Å². The van der Waals surface area contributed by atoms with Crippen LogP contribution >= 0.6 is 0 Å². The zero-order valence-electron chi connectivity index (χ0n) is 18.4. The fraction of sp³-hybridized carbons (Fsp3) is 0.160. The van der Waals surface area contributed by atoms with Gasteiger partial charge in [0.05, 0.1) is 19.0 Å². The number of benzene rings is 2. The Morgan fingerprint density at radius 1 is 1.18 bits per heavy atom. The minimum Gasteiger partial charge on any atom is -0.497 e. The van der Waals surface area contributed by atoms with E-state index in [9.17, 15) is 4.79 Å². The van der Waals surface area contributed by atoms with Gasteiger partial charge < -0.3 is 24.5 Å². The predicted octanol–water partition coefficient (Wildman–Crippen LogP) is 3.59. The molecule has 0 spiro atoms. The van der Waals surface area contributed by atoms with Crippen molar-refractivity contribution in [1.82, 2.24) is 24.9 Å². The van der Waals surface area contributed by atoms with Gasteiger partial charge in [0.15, 0.2) is 17.1 Å². The van der Waals surface area contributed by atoms with Gasteiger partial charge in [0.25, 0.3) is 5.91 Å². The SMILES string of the molecule is COc1ccc2[nH]cc(CCNC(=O)c3cnn4c(-c5ccc6c(c5)OCO6)ccnc34)c2c1. The highest BCUT2D eigenvalue weighted by Gasteiger charge is 2.19. The van der Waals surface area contributed by atoms with E-state index in [-0.39, 0.29) is 12.7 Å². The Morgan fingerprint density at radius 3 is 3.00 bits per heavy atom. The lowest BCUT2D eigenvalue weighted by atomic mass is 10.1. The normalized spacial score (nSPS) is 12.4. The molecule has 3 aromatic heterocycles. The number of fused-ring (bicyclic) bond motifs is 3. The van der Waals surface area contributed by atoms with E-state index < -0.39 is 0 Å². The number of carbonyl (C=O) groups excluding carboxylic acids is 1. The van der Waals surface area contributed by atoms with Gasteiger partial charge in [-0.1, -0.05) is 0 Å². The second kappa shape index (κ2) is 8.11. The number of hydrogen-bond donors (Lipinski definition) is 2. The monoisotopic (exact) mass is 455 g/mol. The van der Waals surface area contributed by atoms with Crippen molar-refractivity contribution in [2.24, 2.45) is 0 Å². The Labute approximate surface area is 194 Å². The zero-order valence-corrected chi connectivity index (χ0v) is 18.4. The molecule has 5 aromatic rings. The highest BCUT2D eigenvalue weighted by molar-refractivity contribution is 6.00. The summed E-state index contributed by atoms with van der Waals surface area (Å²) in [6.07, 6.45) is 5.86. The summed E-state index contributed by atoms with van der Waals surface area (Å²) in [4.78, 5) is 20.6. The molecule has 2 N–H and O–H groups in total. The van der Waals surface area contributed by atoms with Gasteiger partial charge in [-0.3, -0.25) is 4.79 Å². The maximum atomic E-state index is 12.9. The number of nitrogens with one attached hydrogen (secondary N) is 2. The van der Waals surface area contributed by atoms with Crippen LogP contribution in [0.4, 0.5) is 0 Å². The van der Waals surface area contributed by atoms with Crippen molar-refractivity contribution in [3.63, 3.8) is 0 Å². The number of H-pyrrole nitrogens is 1. The summed E-state index contributed by atoms with van der Waals surface area (Å²) in [7, 11) is 1.65. The van der Waals surface area contributed by atoms with E-state index in [0.29, 0.717) is 35.7 Å². The minimum atomic E-state index is -0.220. The second-order valence-corrected chi connectivity index (χ2v) is 7.92. The summed E-state index contributed by atoms with van der Waals surface area (Å²) in [5, 5.41) is 8.50. The number of aromatic nitrogens is 4. The number of carbonyl (C=O) groups is 1. The standard InChI is InChI=1S/C25H21N5O4/c1-32-17-3-4-20-18(11-17)16(12-28-20)6-8-27-25(31)19-13-29-30-21(7-9-26-24(19)30)15-2-5-22-23(10-15)34-14-33-22/h2-5,7,9-13,28H,6,8,14H2,1H3,(H,27,31). The molecule has 1 amide bonds. The molecule has 4 heterocycles. The molecule has 0 aliphatic carbocycles. The number of ether oxygens (including phenoxy) is 3. The molecule has 170 valence electrons. The first-order chi connectivity index (χ1) is 16.7. The number of rotatable bonds is 6. The molecule has 9 nitrogen and oxygen atoms in total. The molecule has 34 heavy (non-hydrogen) atoms. The molecule has 2 aromatic carbocycles. The number of nitrogens with zero attached hydrogens (tertiary/aromatic N) is 3. The summed E-state index contributed by atoms with van der Waals surface area (Å²) in [5.41, 5.74) is 4.74. The second-order valence-electron chi connectivity index (χ2n) is 7.92. The van der Waals surface area contributed by atoms with Gasteiger partial charge in [-0.05, 0) is 54.4 Å². The third kappa shape index (κ3) is 3.38. The fourth-order valence-electron chi connectivity index (χ4n) is 4.22. The van der Waals surface area contributed by atoms with Crippen LogP contribution in [0.5, 0.6) is 17.2 Å². The van der Waals surface area contributed by atoms with Crippen LogP contribution in [0, 0.1) is 0 Å². The quantitative estimate of drug-likeness (QED) is 0.406. The number of methoxy groups -OCH3 is 1. The topological polar surface area (TPSA) is 103 Å². The van der Waals surface area contributed by atoms with Gasteiger partial charge in [-0.25, -0.2) is 9.50 Å². The molecule has 0 fully saturated rings. The first kappa shape index (κ1) is 20.1. The third-order valence-electron chi connectivity index (χ3n) is 5.97. The molecule has 0 saturated carbocycles. The molecule has 0 unspecified atom stereocenters. The Morgan fingerprint density at radius 2 is 2.09 bits per heavy atom. The van der Waals surface area contributed by atoms with Crippen LogP contribution in [0.25, 0.3) is 27.8 Å². The number of amides is 1. The van der Waals surface area contributed by atoms with Crippen LogP contribution in [-0.2, 0) is 6.42 Å². The van der Waals surface area contributed by atoms with Crippen LogP contribution in [0.3, 0.4) is 0 Å². The molecule has 0 saturated heterocycles. The van der Waals surface area contributed by atoms with E-state index in [0.717, 1.165) is 33.5 Å². The summed E-state index contributed by atoms with van der Waals surface area (Å²) >= 11 is 0. The Balaban J connectivity index is 1.21. The van der Waals surface area contributed by atoms with Crippen LogP contribution in [0.1, 0.15) is 15.9 Å². The van der Waals surface area contributed by atoms with Gasteiger partial charge in [0, 0.05) is 35.4 Å². The maximum Gasteiger partial charge on any atom is 0.256 e. The molecular weight excluding hydrogens is 434 g/mol. The van der Waals surface area contributed by atoms with E-state index in [1.165, 1.54) is 0 Å². The van der Waals surface area contributed by atoms with Crippen molar-refractivity contribution in [2.45, 2.75) is 6.42 Å². The first-order valence-corrected chi connectivity index (χ1v) is 10.9. The molecule has 0 radical (unpaired) electrons. The van der Waals surface area contributed by atoms with Crippen LogP contribution in [0.2, 0.25) is 0 Å². The molecule has 9 heteroatoms. The van der Waals surface area contributed by atoms with Crippen LogP contribution in [0.15, 0.2) is 61.1 Å². The average Bonchev–Trinajstić information content (AvgIpc) is 3.61. The molecule has 6 rings (SSSR count). The van der Waals surface area contributed by atoms with Crippen molar-refractivity contribution in [1.29, 1.82) is 0 Å². The Bertz CT molecular complexity index is 1540. The lowest BCUT2D eigenvalue weighted by molar-refractivity contribution is 0.0955. The lowest BCUT2D eigenvalue weighted by Crippen LogP contribution is -2.25. The number of hydrogen-bond acceptors (Lipinski definition) is 6. The summed E-state index contributed by atoms with van der Waals surface area (Å²) in [5.74, 6) is 1.97. The van der Waals surface area contributed by atoms with Crippen molar-refractivity contribution in [3.8, 4) is 28.5 Å². The van der Waals surface area contributed by atoms with Crippen molar-refractivity contribution in [3.05, 3.63) is 72.2 Å². The van der Waals surface area contributed by atoms with Gasteiger partial charge in [-0.15, -0.1) is 0 Å². The molecule has 0 atom stereocenters. The van der Waals surface area contributed by atoms with Crippen molar-refractivity contribution in [2.75, 3.05) is 20.4 Å².